The number of carbonyl (C=O) groups is 1. The van der Waals surface area contributed by atoms with Gasteiger partial charge in [-0.05, 0) is 42.5 Å². The summed E-state index contributed by atoms with van der Waals surface area (Å²) in [5.74, 6) is 0.739. The van der Waals surface area contributed by atoms with E-state index in [1.165, 1.54) is 14.0 Å². The van der Waals surface area contributed by atoms with E-state index in [2.05, 4.69) is 0 Å². The number of hydrogen-bond acceptors (Lipinski definition) is 5. The number of hydrogen-bond donors (Lipinski definition) is 0. The normalized spacial score (nSPS) is 11.0. The van der Waals surface area contributed by atoms with E-state index in [9.17, 15) is 9.59 Å². The average molecular weight is 412 g/mol. The lowest BCUT2D eigenvalue weighted by molar-refractivity contribution is -0.132. The highest BCUT2D eigenvalue weighted by Crippen LogP contribution is 2.32. The second-order valence-electron chi connectivity index (χ2n) is 6.77. The molecule has 1 heterocycles. The summed E-state index contributed by atoms with van der Waals surface area (Å²) in [6, 6.07) is 21.9. The van der Waals surface area contributed by atoms with E-state index in [-0.39, 0.29) is 5.56 Å². The third kappa shape index (κ3) is 4.09. The molecule has 0 aliphatic heterocycles. The van der Waals surface area contributed by atoms with Crippen LogP contribution in [-0.2, 0) is 4.79 Å². The fourth-order valence-electron chi connectivity index (χ4n) is 3.33. The van der Waals surface area contributed by atoms with Gasteiger partial charge in [0.25, 0.3) is 5.56 Å². The van der Waals surface area contributed by atoms with Crippen LogP contribution in [0.4, 0.5) is 0 Å². The number of methoxy groups -OCH3 is 1. The predicted molar refractivity (Wildman–Crippen MR) is 121 cm³/mol. The second-order valence-corrected chi connectivity index (χ2v) is 6.77. The molecular formula is C25H20N2O4. The number of carbonyl (C=O) groups excluding carboxylic acids is 1. The van der Waals surface area contributed by atoms with Gasteiger partial charge in [-0.2, -0.15) is 0 Å². The van der Waals surface area contributed by atoms with Gasteiger partial charge >= 0.3 is 5.97 Å². The molecule has 6 nitrogen and oxygen atoms in total. The van der Waals surface area contributed by atoms with Gasteiger partial charge in [0, 0.05) is 12.5 Å². The molecule has 0 saturated heterocycles. The Balaban J connectivity index is 1.91. The molecule has 0 bridgehead atoms. The molecule has 154 valence electrons. The van der Waals surface area contributed by atoms with Gasteiger partial charge in [0.2, 0.25) is 0 Å². The number of esters is 1. The molecule has 0 saturated carbocycles. The van der Waals surface area contributed by atoms with Gasteiger partial charge in [-0.25, -0.2) is 4.98 Å². The molecule has 1 aromatic heterocycles. The zero-order valence-electron chi connectivity index (χ0n) is 17.1. The van der Waals surface area contributed by atoms with Gasteiger partial charge in [0.05, 0.1) is 23.7 Å². The van der Waals surface area contributed by atoms with Crippen LogP contribution >= 0.6 is 0 Å². The number of benzene rings is 3. The quantitative estimate of drug-likeness (QED) is 0.357. The zero-order chi connectivity index (χ0) is 21.8. The van der Waals surface area contributed by atoms with Crippen LogP contribution in [0.3, 0.4) is 0 Å². The summed E-state index contributed by atoms with van der Waals surface area (Å²) < 4.78 is 12.2. The van der Waals surface area contributed by atoms with Gasteiger partial charge in [0.15, 0.2) is 11.5 Å². The fraction of sp³-hybridized carbons (Fsp3) is 0.0800. The summed E-state index contributed by atoms with van der Waals surface area (Å²) in [7, 11) is 1.51. The molecule has 0 aliphatic rings. The summed E-state index contributed by atoms with van der Waals surface area (Å²) in [5.41, 5.74) is 1.76. The molecule has 0 N–H and O–H groups in total. The lowest BCUT2D eigenvalue weighted by Gasteiger charge is -2.12. The summed E-state index contributed by atoms with van der Waals surface area (Å²) in [6.07, 6.45) is 3.47. The summed E-state index contributed by atoms with van der Waals surface area (Å²) in [4.78, 5) is 29.5. The highest BCUT2D eigenvalue weighted by Gasteiger charge is 2.13. The molecule has 0 radical (unpaired) electrons. The van der Waals surface area contributed by atoms with E-state index < -0.39 is 5.97 Å². The molecular weight excluding hydrogens is 392 g/mol. The Bertz CT molecular complexity index is 1340. The average Bonchev–Trinajstić information content (AvgIpc) is 2.78. The monoisotopic (exact) mass is 412 g/mol. The minimum absolute atomic E-state index is 0.165. The Morgan fingerprint density at radius 1 is 0.935 bits per heavy atom. The van der Waals surface area contributed by atoms with Gasteiger partial charge in [-0.3, -0.25) is 14.2 Å². The van der Waals surface area contributed by atoms with Crippen LogP contribution in [0.1, 0.15) is 18.3 Å². The Labute approximate surface area is 179 Å². The Morgan fingerprint density at radius 3 is 2.42 bits per heavy atom. The summed E-state index contributed by atoms with van der Waals surface area (Å²) >= 11 is 0. The van der Waals surface area contributed by atoms with Crippen molar-refractivity contribution in [1.82, 2.24) is 9.55 Å². The van der Waals surface area contributed by atoms with Gasteiger partial charge in [-0.1, -0.05) is 42.5 Å². The first-order valence-electron chi connectivity index (χ1n) is 9.69. The maximum Gasteiger partial charge on any atom is 0.308 e. The van der Waals surface area contributed by atoms with E-state index in [4.69, 9.17) is 14.5 Å². The maximum atomic E-state index is 13.3. The van der Waals surface area contributed by atoms with Crippen LogP contribution in [0.15, 0.2) is 77.6 Å². The van der Waals surface area contributed by atoms with Crippen LogP contribution < -0.4 is 15.0 Å². The van der Waals surface area contributed by atoms with Crippen LogP contribution in [-0.4, -0.2) is 22.6 Å². The van der Waals surface area contributed by atoms with E-state index in [0.29, 0.717) is 39.5 Å². The molecule has 31 heavy (non-hydrogen) atoms. The van der Waals surface area contributed by atoms with Crippen LogP contribution in [0.2, 0.25) is 0 Å². The van der Waals surface area contributed by atoms with Crippen molar-refractivity contribution in [2.24, 2.45) is 0 Å². The topological polar surface area (TPSA) is 70.4 Å². The van der Waals surface area contributed by atoms with Crippen LogP contribution in [0, 0.1) is 0 Å². The number of aromatic nitrogens is 2. The lowest BCUT2D eigenvalue weighted by Crippen LogP contribution is -2.22. The van der Waals surface area contributed by atoms with E-state index in [1.807, 2.05) is 42.5 Å². The predicted octanol–water partition coefficient (Wildman–Crippen LogP) is 4.49. The van der Waals surface area contributed by atoms with Gasteiger partial charge in [0.1, 0.15) is 5.82 Å². The third-order valence-corrected chi connectivity index (χ3v) is 4.70. The standard InChI is InChI=1S/C25H20N2O4/c1-17(28)31-24-18(9-8-14-22(24)30-2)15-16-23-26-21-13-7-6-12-20(21)25(29)27(23)19-10-4-3-5-11-19/h3-16H,1-2H3/b16-15+. The largest absolute Gasteiger partial charge is 0.493 e. The van der Waals surface area contributed by atoms with Crippen LogP contribution in [0.25, 0.3) is 28.7 Å². The Morgan fingerprint density at radius 2 is 1.68 bits per heavy atom. The number of ether oxygens (including phenoxy) is 2. The van der Waals surface area contributed by atoms with Crippen molar-refractivity contribution in [2.45, 2.75) is 6.92 Å². The number of fused-ring (bicyclic) bond motifs is 1. The van der Waals surface area contributed by atoms with Gasteiger partial charge < -0.3 is 9.47 Å². The van der Waals surface area contributed by atoms with Crippen molar-refractivity contribution in [3.8, 4) is 17.2 Å². The number of rotatable bonds is 5. The van der Waals surface area contributed by atoms with Crippen molar-refractivity contribution in [2.75, 3.05) is 7.11 Å². The first kappa shape index (κ1) is 20.1. The first-order valence-corrected chi connectivity index (χ1v) is 9.69. The van der Waals surface area contributed by atoms with Crippen molar-refractivity contribution in [3.63, 3.8) is 0 Å². The minimum Gasteiger partial charge on any atom is -0.493 e. The fourth-order valence-corrected chi connectivity index (χ4v) is 3.33. The van der Waals surface area contributed by atoms with Crippen molar-refractivity contribution < 1.29 is 14.3 Å². The number of nitrogens with zero attached hydrogens (tertiary/aromatic N) is 2. The molecule has 6 heteroatoms. The Hall–Kier alpha value is -4.19. The summed E-state index contributed by atoms with van der Waals surface area (Å²) in [6.45, 7) is 1.33. The minimum atomic E-state index is -0.454. The SMILES string of the molecule is COc1cccc(/C=C/c2nc3ccccc3c(=O)n2-c2ccccc2)c1OC(C)=O. The van der Waals surface area contributed by atoms with Crippen molar-refractivity contribution >= 4 is 29.0 Å². The van der Waals surface area contributed by atoms with Crippen LogP contribution in [0.5, 0.6) is 11.5 Å². The van der Waals surface area contributed by atoms with Crippen molar-refractivity contribution in [1.29, 1.82) is 0 Å². The van der Waals surface area contributed by atoms with Gasteiger partial charge in [-0.15, -0.1) is 0 Å². The van der Waals surface area contributed by atoms with Crippen molar-refractivity contribution in [3.05, 3.63) is 94.5 Å². The maximum absolute atomic E-state index is 13.3. The highest BCUT2D eigenvalue weighted by molar-refractivity contribution is 5.81. The second kappa shape index (κ2) is 8.67. The molecule has 0 amide bonds. The summed E-state index contributed by atoms with van der Waals surface area (Å²) in [5, 5.41) is 0.533. The molecule has 0 unspecified atom stereocenters. The number of para-hydroxylation sites is 3. The first-order chi connectivity index (χ1) is 15.1. The third-order valence-electron chi connectivity index (χ3n) is 4.70. The molecule has 0 aliphatic carbocycles. The van der Waals surface area contributed by atoms with E-state index in [1.54, 1.807) is 47.1 Å². The van der Waals surface area contributed by atoms with E-state index >= 15 is 0 Å². The highest BCUT2D eigenvalue weighted by atomic mass is 16.6. The molecule has 4 rings (SSSR count). The molecule has 4 aromatic rings. The lowest BCUT2D eigenvalue weighted by atomic mass is 10.1. The smallest absolute Gasteiger partial charge is 0.308 e. The zero-order valence-corrected chi connectivity index (χ0v) is 17.1. The Kier molecular flexibility index (Phi) is 5.62. The molecule has 0 atom stereocenters. The molecule has 0 fully saturated rings. The van der Waals surface area contributed by atoms with E-state index in [0.717, 1.165) is 0 Å². The molecule has 3 aromatic carbocycles. The molecule has 0 spiro atoms.